The summed E-state index contributed by atoms with van der Waals surface area (Å²) in [6.07, 6.45) is 1.60. The van der Waals surface area contributed by atoms with Crippen LogP contribution in [0.2, 0.25) is 0 Å². The normalized spacial score (nSPS) is 31.7. The van der Waals surface area contributed by atoms with Crippen molar-refractivity contribution in [3.8, 4) is 0 Å². The summed E-state index contributed by atoms with van der Waals surface area (Å²) in [7, 11) is 0. The Balaban J connectivity index is 1.28. The fourth-order valence-electron chi connectivity index (χ4n) is 5.90. The number of amides is 2. The number of rotatable bonds is 4. The Morgan fingerprint density at radius 1 is 1.23 bits per heavy atom. The van der Waals surface area contributed by atoms with Crippen molar-refractivity contribution in [1.82, 2.24) is 14.7 Å². The molecule has 1 atom stereocenters. The van der Waals surface area contributed by atoms with Gasteiger partial charge in [-0.05, 0) is 56.4 Å². The molecule has 3 aliphatic heterocycles. The quantitative estimate of drug-likeness (QED) is 0.624. The lowest BCUT2D eigenvalue weighted by Crippen LogP contribution is -2.53. The van der Waals surface area contributed by atoms with E-state index in [9.17, 15) is 22.8 Å². The van der Waals surface area contributed by atoms with Gasteiger partial charge in [-0.25, -0.2) is 4.79 Å². The third kappa shape index (κ3) is 4.86. The van der Waals surface area contributed by atoms with Crippen molar-refractivity contribution in [3.05, 3.63) is 11.6 Å². The Morgan fingerprint density at radius 3 is 2.65 bits per heavy atom. The first-order valence-electron chi connectivity index (χ1n) is 11.4. The molecule has 3 heterocycles. The maximum absolute atomic E-state index is 12.6. The second kappa shape index (κ2) is 8.64. The molecule has 31 heavy (non-hydrogen) atoms. The Kier molecular flexibility index (Phi) is 6.25. The third-order valence-electron chi connectivity index (χ3n) is 7.45. The molecule has 0 bridgehead atoms. The van der Waals surface area contributed by atoms with Crippen molar-refractivity contribution in [1.29, 1.82) is 0 Å². The van der Waals surface area contributed by atoms with E-state index in [1.807, 2.05) is 11.8 Å². The van der Waals surface area contributed by atoms with Gasteiger partial charge in [-0.2, -0.15) is 13.2 Å². The SMILES string of the molecule is CCOC(=O)N1CCC2(CC(N3CC=C([C@@H]4CCCN4C(=O)CC(F)(F)F)CC3)C2)C1. The van der Waals surface area contributed by atoms with E-state index in [2.05, 4.69) is 11.0 Å². The first-order chi connectivity index (χ1) is 14.7. The van der Waals surface area contributed by atoms with Gasteiger partial charge in [-0.3, -0.25) is 9.69 Å². The van der Waals surface area contributed by atoms with Crippen LogP contribution in [0.4, 0.5) is 18.0 Å². The number of nitrogens with zero attached hydrogens (tertiary/aromatic N) is 3. The molecular weight excluding hydrogens is 411 g/mol. The van der Waals surface area contributed by atoms with Crippen LogP contribution in [0.3, 0.4) is 0 Å². The lowest BCUT2D eigenvalue weighted by Gasteiger charge is -2.51. The Bertz CT molecular complexity index is 733. The molecule has 3 fully saturated rings. The highest BCUT2D eigenvalue weighted by molar-refractivity contribution is 5.78. The molecular formula is C22H32F3N3O3. The largest absolute Gasteiger partial charge is 0.450 e. The maximum atomic E-state index is 12.6. The molecule has 0 unspecified atom stereocenters. The molecule has 1 saturated carbocycles. The lowest BCUT2D eigenvalue weighted by molar-refractivity contribution is -0.161. The predicted octanol–water partition coefficient (Wildman–Crippen LogP) is 3.57. The molecule has 0 aromatic rings. The number of alkyl halides is 3. The first-order valence-corrected chi connectivity index (χ1v) is 11.4. The van der Waals surface area contributed by atoms with Crippen LogP contribution in [0.25, 0.3) is 0 Å². The molecule has 0 N–H and O–H groups in total. The zero-order valence-electron chi connectivity index (χ0n) is 18.1. The highest BCUT2D eigenvalue weighted by atomic mass is 19.4. The van der Waals surface area contributed by atoms with Crippen molar-refractivity contribution in [2.75, 3.05) is 39.3 Å². The summed E-state index contributed by atoms with van der Waals surface area (Å²) in [5.41, 5.74) is 1.33. The predicted molar refractivity (Wildman–Crippen MR) is 108 cm³/mol. The summed E-state index contributed by atoms with van der Waals surface area (Å²) in [5, 5.41) is 0. The van der Waals surface area contributed by atoms with Gasteiger partial charge in [0.25, 0.3) is 0 Å². The Hall–Kier alpha value is -1.77. The molecule has 0 aromatic heterocycles. The molecule has 4 aliphatic rings. The van der Waals surface area contributed by atoms with E-state index in [-0.39, 0.29) is 17.6 Å². The van der Waals surface area contributed by atoms with Crippen LogP contribution in [0.5, 0.6) is 0 Å². The third-order valence-corrected chi connectivity index (χ3v) is 7.45. The van der Waals surface area contributed by atoms with Gasteiger partial charge in [0.15, 0.2) is 0 Å². The van der Waals surface area contributed by atoms with Crippen LogP contribution in [-0.2, 0) is 9.53 Å². The number of hydrogen-bond donors (Lipinski definition) is 0. The number of likely N-dealkylation sites (tertiary alicyclic amines) is 2. The summed E-state index contributed by atoms with van der Waals surface area (Å²) in [5.74, 6) is -0.799. The zero-order chi connectivity index (χ0) is 22.2. The average Bonchev–Trinajstić information content (AvgIpc) is 3.34. The number of ether oxygens (including phenoxy) is 1. The van der Waals surface area contributed by atoms with Gasteiger partial charge < -0.3 is 14.5 Å². The van der Waals surface area contributed by atoms with Gasteiger partial charge in [-0.1, -0.05) is 6.08 Å². The van der Waals surface area contributed by atoms with Crippen molar-refractivity contribution < 1.29 is 27.5 Å². The Labute approximate surface area is 181 Å². The molecule has 0 aromatic carbocycles. The maximum Gasteiger partial charge on any atom is 0.409 e. The van der Waals surface area contributed by atoms with E-state index in [1.54, 1.807) is 0 Å². The molecule has 2 amide bonds. The van der Waals surface area contributed by atoms with E-state index >= 15 is 0 Å². The minimum Gasteiger partial charge on any atom is -0.450 e. The topological polar surface area (TPSA) is 53.1 Å². The van der Waals surface area contributed by atoms with E-state index < -0.39 is 18.5 Å². The van der Waals surface area contributed by atoms with Crippen molar-refractivity contribution in [2.45, 2.75) is 70.1 Å². The summed E-state index contributed by atoms with van der Waals surface area (Å²) in [6.45, 7) is 5.84. The summed E-state index contributed by atoms with van der Waals surface area (Å²) < 4.78 is 43.1. The van der Waals surface area contributed by atoms with Gasteiger partial charge in [-0.15, -0.1) is 0 Å². The average molecular weight is 444 g/mol. The molecule has 2 saturated heterocycles. The number of hydrogen-bond acceptors (Lipinski definition) is 4. The molecule has 1 spiro atoms. The standard InChI is InChI=1S/C22H32F3N3O3/c1-2-31-20(30)27-11-7-21(15-27)12-17(13-21)26-9-5-16(6-10-26)18-4-3-8-28(18)19(29)14-22(23,24)25/h5,17-18H,2-4,6-15H2,1H3/t17?,18-,21?/m0/s1. The lowest BCUT2D eigenvalue weighted by atomic mass is 9.64. The van der Waals surface area contributed by atoms with Crippen molar-refractivity contribution in [2.24, 2.45) is 5.41 Å². The van der Waals surface area contributed by atoms with Gasteiger partial charge in [0.05, 0.1) is 12.6 Å². The molecule has 1 aliphatic carbocycles. The summed E-state index contributed by atoms with van der Waals surface area (Å²) in [6, 6.07) is 0.323. The van der Waals surface area contributed by atoms with Gasteiger partial charge in [0.1, 0.15) is 6.42 Å². The monoisotopic (exact) mass is 443 g/mol. The van der Waals surface area contributed by atoms with Gasteiger partial charge in [0, 0.05) is 38.8 Å². The second-order valence-corrected chi connectivity index (χ2v) is 9.49. The smallest absolute Gasteiger partial charge is 0.409 e. The van der Waals surface area contributed by atoms with Crippen LogP contribution in [0, 0.1) is 5.41 Å². The van der Waals surface area contributed by atoms with Crippen molar-refractivity contribution in [3.63, 3.8) is 0 Å². The molecule has 0 radical (unpaired) electrons. The molecule has 6 nitrogen and oxygen atoms in total. The number of carbonyl (C=O) groups excluding carboxylic acids is 2. The van der Waals surface area contributed by atoms with E-state index in [0.717, 1.165) is 70.3 Å². The van der Waals surface area contributed by atoms with Crippen LogP contribution in [0.15, 0.2) is 11.6 Å². The highest BCUT2D eigenvalue weighted by Crippen LogP contribution is 2.50. The molecule has 4 rings (SSSR count). The fraction of sp³-hybridized carbons (Fsp3) is 0.818. The van der Waals surface area contributed by atoms with Crippen LogP contribution in [0.1, 0.15) is 51.9 Å². The highest BCUT2D eigenvalue weighted by Gasteiger charge is 2.51. The number of carbonyl (C=O) groups is 2. The van der Waals surface area contributed by atoms with Crippen LogP contribution in [-0.4, -0.2) is 84.3 Å². The summed E-state index contributed by atoms with van der Waals surface area (Å²) in [4.78, 5) is 29.8. The zero-order valence-corrected chi connectivity index (χ0v) is 18.1. The molecule has 174 valence electrons. The summed E-state index contributed by atoms with van der Waals surface area (Å²) >= 11 is 0. The van der Waals surface area contributed by atoms with E-state index in [0.29, 0.717) is 19.2 Å². The van der Waals surface area contributed by atoms with Crippen LogP contribution >= 0.6 is 0 Å². The molecule has 9 heteroatoms. The van der Waals surface area contributed by atoms with Crippen LogP contribution < -0.4 is 0 Å². The van der Waals surface area contributed by atoms with E-state index in [4.69, 9.17) is 4.74 Å². The van der Waals surface area contributed by atoms with E-state index in [1.165, 1.54) is 4.90 Å². The Morgan fingerprint density at radius 2 is 2.00 bits per heavy atom. The fourth-order valence-corrected chi connectivity index (χ4v) is 5.90. The minimum absolute atomic E-state index is 0.169. The number of halogens is 3. The first kappa shape index (κ1) is 22.4. The van der Waals surface area contributed by atoms with Gasteiger partial charge >= 0.3 is 12.3 Å². The minimum atomic E-state index is -4.45. The van der Waals surface area contributed by atoms with Gasteiger partial charge in [0.2, 0.25) is 5.91 Å². The second-order valence-electron chi connectivity index (χ2n) is 9.49. The van der Waals surface area contributed by atoms with Crippen molar-refractivity contribution >= 4 is 12.0 Å².